The van der Waals surface area contributed by atoms with Crippen molar-refractivity contribution in [2.45, 2.75) is 51.5 Å². The highest BCUT2D eigenvalue weighted by Gasteiger charge is 2.26. The molecule has 29 heavy (non-hydrogen) atoms. The van der Waals surface area contributed by atoms with E-state index in [4.69, 9.17) is 10.5 Å². The summed E-state index contributed by atoms with van der Waals surface area (Å²) in [6, 6.07) is 7.06. The van der Waals surface area contributed by atoms with Gasteiger partial charge in [0, 0.05) is 44.1 Å². The SMILES string of the molecule is CC(=O)c1ccc(OCCCC(=O)N2CCCCC2CNC(=O)CCN)cc1.Cl. The molecule has 1 fully saturated rings. The molecule has 2 amide bonds. The fourth-order valence-corrected chi connectivity index (χ4v) is 3.34. The fourth-order valence-electron chi connectivity index (χ4n) is 3.34. The van der Waals surface area contributed by atoms with Crippen molar-refractivity contribution in [3.05, 3.63) is 29.8 Å². The molecule has 1 aromatic rings. The maximum Gasteiger partial charge on any atom is 0.223 e. The molecule has 0 radical (unpaired) electrons. The average molecular weight is 426 g/mol. The van der Waals surface area contributed by atoms with E-state index < -0.39 is 0 Å². The van der Waals surface area contributed by atoms with Crippen molar-refractivity contribution < 1.29 is 19.1 Å². The molecule has 1 unspecified atom stereocenters. The fraction of sp³-hybridized carbons (Fsp3) is 0.571. The first kappa shape index (κ1) is 24.9. The number of hydrogen-bond donors (Lipinski definition) is 2. The van der Waals surface area contributed by atoms with Crippen molar-refractivity contribution in [3.63, 3.8) is 0 Å². The molecule has 1 aliphatic heterocycles. The number of amides is 2. The van der Waals surface area contributed by atoms with Gasteiger partial charge in [0.1, 0.15) is 5.75 Å². The molecular formula is C21H32ClN3O4. The summed E-state index contributed by atoms with van der Waals surface area (Å²) in [7, 11) is 0. The summed E-state index contributed by atoms with van der Waals surface area (Å²) in [5.74, 6) is 0.751. The van der Waals surface area contributed by atoms with Crippen LogP contribution in [0, 0.1) is 0 Å². The third-order valence-electron chi connectivity index (χ3n) is 4.92. The molecule has 8 heteroatoms. The van der Waals surface area contributed by atoms with E-state index in [9.17, 15) is 14.4 Å². The number of halogens is 1. The quantitative estimate of drug-likeness (QED) is 0.442. The zero-order valence-corrected chi connectivity index (χ0v) is 17.8. The van der Waals surface area contributed by atoms with Gasteiger partial charge < -0.3 is 20.7 Å². The normalized spacial score (nSPS) is 15.9. The Hall–Kier alpha value is -2.12. The summed E-state index contributed by atoms with van der Waals surface area (Å²) in [5.41, 5.74) is 6.04. The molecule has 1 aliphatic rings. The second-order valence-electron chi connectivity index (χ2n) is 7.11. The summed E-state index contributed by atoms with van der Waals surface area (Å²) < 4.78 is 5.66. The first-order valence-corrected chi connectivity index (χ1v) is 10.0. The minimum Gasteiger partial charge on any atom is -0.494 e. The first-order chi connectivity index (χ1) is 13.5. The number of Topliss-reactive ketones (excluding diaryl/α,β-unsaturated/α-hetero) is 1. The predicted molar refractivity (Wildman–Crippen MR) is 114 cm³/mol. The van der Waals surface area contributed by atoms with Crippen LogP contribution < -0.4 is 15.8 Å². The largest absolute Gasteiger partial charge is 0.494 e. The Bertz CT molecular complexity index is 666. The molecular weight excluding hydrogens is 394 g/mol. The number of nitrogens with two attached hydrogens (primary N) is 1. The molecule has 3 N–H and O–H groups in total. The number of likely N-dealkylation sites (tertiary alicyclic amines) is 1. The lowest BCUT2D eigenvalue weighted by atomic mass is 10.0. The van der Waals surface area contributed by atoms with Gasteiger partial charge in [0.2, 0.25) is 11.8 Å². The van der Waals surface area contributed by atoms with Crippen molar-refractivity contribution in [2.75, 3.05) is 26.2 Å². The lowest BCUT2D eigenvalue weighted by molar-refractivity contribution is -0.135. The van der Waals surface area contributed by atoms with Gasteiger partial charge >= 0.3 is 0 Å². The minimum absolute atomic E-state index is 0. The highest BCUT2D eigenvalue weighted by atomic mass is 35.5. The van der Waals surface area contributed by atoms with Crippen molar-refractivity contribution in [1.82, 2.24) is 10.2 Å². The molecule has 7 nitrogen and oxygen atoms in total. The molecule has 1 aromatic carbocycles. The molecule has 1 heterocycles. The van der Waals surface area contributed by atoms with Crippen LogP contribution in [0.1, 0.15) is 55.8 Å². The van der Waals surface area contributed by atoms with Crippen LogP contribution in [0.2, 0.25) is 0 Å². The number of hydrogen-bond acceptors (Lipinski definition) is 5. The lowest BCUT2D eigenvalue weighted by Crippen LogP contribution is -2.49. The number of rotatable bonds is 10. The van der Waals surface area contributed by atoms with Crippen LogP contribution in [-0.4, -0.2) is 54.8 Å². The van der Waals surface area contributed by atoms with Gasteiger partial charge in [-0.2, -0.15) is 0 Å². The Morgan fingerprint density at radius 1 is 1.17 bits per heavy atom. The van der Waals surface area contributed by atoms with E-state index in [1.807, 2.05) is 4.90 Å². The van der Waals surface area contributed by atoms with Crippen LogP contribution in [0.4, 0.5) is 0 Å². The van der Waals surface area contributed by atoms with Gasteiger partial charge in [-0.15, -0.1) is 12.4 Å². The summed E-state index contributed by atoms with van der Waals surface area (Å²) >= 11 is 0. The number of piperidine rings is 1. The molecule has 0 aliphatic carbocycles. The number of ether oxygens (including phenoxy) is 1. The van der Waals surface area contributed by atoms with E-state index in [2.05, 4.69) is 5.32 Å². The summed E-state index contributed by atoms with van der Waals surface area (Å²) in [6.45, 7) is 3.53. The van der Waals surface area contributed by atoms with Gasteiger partial charge in [-0.25, -0.2) is 0 Å². The Kier molecular flexibility index (Phi) is 11.3. The number of carbonyl (C=O) groups excluding carboxylic acids is 3. The predicted octanol–water partition coefficient (Wildman–Crippen LogP) is 2.32. The van der Waals surface area contributed by atoms with E-state index in [0.717, 1.165) is 25.8 Å². The zero-order chi connectivity index (χ0) is 20.4. The van der Waals surface area contributed by atoms with Crippen LogP contribution in [0.15, 0.2) is 24.3 Å². The lowest BCUT2D eigenvalue weighted by Gasteiger charge is -2.36. The van der Waals surface area contributed by atoms with E-state index in [-0.39, 0.29) is 36.0 Å². The van der Waals surface area contributed by atoms with Gasteiger partial charge in [-0.3, -0.25) is 14.4 Å². The summed E-state index contributed by atoms with van der Waals surface area (Å²) in [6.07, 6.45) is 4.33. The number of benzene rings is 1. The van der Waals surface area contributed by atoms with Crippen molar-refractivity contribution in [1.29, 1.82) is 0 Å². The summed E-state index contributed by atoms with van der Waals surface area (Å²) in [5, 5.41) is 2.88. The third-order valence-corrected chi connectivity index (χ3v) is 4.92. The van der Waals surface area contributed by atoms with E-state index in [0.29, 0.717) is 50.3 Å². The number of nitrogens with zero attached hydrogens (tertiary/aromatic N) is 1. The second-order valence-corrected chi connectivity index (χ2v) is 7.11. The molecule has 1 atom stereocenters. The first-order valence-electron chi connectivity index (χ1n) is 10.0. The Morgan fingerprint density at radius 3 is 2.55 bits per heavy atom. The Balaban J connectivity index is 0.00000420. The van der Waals surface area contributed by atoms with Crippen molar-refractivity contribution >= 4 is 30.0 Å². The van der Waals surface area contributed by atoms with E-state index >= 15 is 0 Å². The maximum absolute atomic E-state index is 12.6. The van der Waals surface area contributed by atoms with Crippen LogP contribution in [0.5, 0.6) is 5.75 Å². The molecule has 0 bridgehead atoms. The Morgan fingerprint density at radius 2 is 1.90 bits per heavy atom. The number of nitrogens with one attached hydrogen (secondary N) is 1. The van der Waals surface area contributed by atoms with E-state index in [1.165, 1.54) is 6.92 Å². The van der Waals surface area contributed by atoms with Crippen molar-refractivity contribution in [2.24, 2.45) is 5.73 Å². The average Bonchev–Trinajstić information content (AvgIpc) is 2.70. The van der Waals surface area contributed by atoms with Gasteiger partial charge in [0.25, 0.3) is 0 Å². The van der Waals surface area contributed by atoms with Crippen LogP contribution in [-0.2, 0) is 9.59 Å². The Labute approximate surface area is 178 Å². The van der Waals surface area contributed by atoms with Gasteiger partial charge in [0.15, 0.2) is 5.78 Å². The monoisotopic (exact) mass is 425 g/mol. The molecule has 0 spiro atoms. The molecule has 0 aromatic heterocycles. The third kappa shape index (κ3) is 8.41. The molecule has 1 saturated heterocycles. The van der Waals surface area contributed by atoms with Crippen LogP contribution >= 0.6 is 12.4 Å². The molecule has 0 saturated carbocycles. The topological polar surface area (TPSA) is 102 Å². The molecule has 2 rings (SSSR count). The standard InChI is InChI=1S/C21H31N3O4.ClH/c1-16(25)17-7-9-19(10-8-17)28-14-4-6-21(27)24-13-3-2-5-18(24)15-23-20(26)11-12-22;/h7-10,18H,2-6,11-15,22H2,1H3,(H,23,26);1H. The maximum atomic E-state index is 12.6. The summed E-state index contributed by atoms with van der Waals surface area (Å²) in [4.78, 5) is 37.4. The minimum atomic E-state index is -0.0651. The smallest absolute Gasteiger partial charge is 0.223 e. The van der Waals surface area contributed by atoms with Gasteiger partial charge in [0.05, 0.1) is 6.61 Å². The second kappa shape index (κ2) is 13.2. The van der Waals surface area contributed by atoms with Gasteiger partial charge in [-0.1, -0.05) is 0 Å². The number of carbonyl (C=O) groups is 3. The highest BCUT2D eigenvalue weighted by Crippen LogP contribution is 2.18. The van der Waals surface area contributed by atoms with Crippen LogP contribution in [0.3, 0.4) is 0 Å². The van der Waals surface area contributed by atoms with E-state index in [1.54, 1.807) is 24.3 Å². The zero-order valence-electron chi connectivity index (χ0n) is 17.0. The number of ketones is 1. The van der Waals surface area contributed by atoms with Gasteiger partial charge in [-0.05, 0) is 56.9 Å². The highest BCUT2D eigenvalue weighted by molar-refractivity contribution is 5.94. The van der Waals surface area contributed by atoms with Crippen molar-refractivity contribution in [3.8, 4) is 5.75 Å². The molecule has 162 valence electrons. The van der Waals surface area contributed by atoms with Crippen LogP contribution in [0.25, 0.3) is 0 Å².